The average Bonchev–Trinajstić information content (AvgIpc) is 2.43. The van der Waals surface area contributed by atoms with Crippen LogP contribution in [0.1, 0.15) is 25.8 Å². The quantitative estimate of drug-likeness (QED) is 0.836. The van der Waals surface area contributed by atoms with E-state index >= 15 is 0 Å². The highest BCUT2D eigenvalue weighted by Crippen LogP contribution is 2.17. The number of phenolic OH excluding ortho intramolecular Hbond substituents is 1. The van der Waals surface area contributed by atoms with Crippen LogP contribution < -0.4 is 5.32 Å². The number of carbonyl (C=O) groups is 2. The number of aromatic hydroxyl groups is 1. The predicted molar refractivity (Wildman–Crippen MR) is 70.4 cm³/mol. The molecule has 1 aliphatic rings. The van der Waals surface area contributed by atoms with Gasteiger partial charge in [-0.2, -0.15) is 0 Å². The SMILES string of the molecule is CC1(C)NC(=O)CCN(Cc2ccc(O)cc2)C1=O. The van der Waals surface area contributed by atoms with Gasteiger partial charge in [-0.15, -0.1) is 0 Å². The highest BCUT2D eigenvalue weighted by Gasteiger charge is 2.36. The maximum absolute atomic E-state index is 12.3. The Labute approximate surface area is 112 Å². The van der Waals surface area contributed by atoms with Crippen molar-refractivity contribution in [2.45, 2.75) is 32.4 Å². The normalized spacial score (nSPS) is 18.9. The summed E-state index contributed by atoms with van der Waals surface area (Å²) in [6.07, 6.45) is 0.313. The van der Waals surface area contributed by atoms with Gasteiger partial charge in [-0.05, 0) is 31.5 Å². The Balaban J connectivity index is 2.16. The van der Waals surface area contributed by atoms with Crippen LogP contribution in [0, 0.1) is 0 Å². The average molecular weight is 262 g/mol. The van der Waals surface area contributed by atoms with E-state index in [9.17, 15) is 14.7 Å². The van der Waals surface area contributed by atoms with Gasteiger partial charge in [0.25, 0.3) is 0 Å². The minimum Gasteiger partial charge on any atom is -0.508 e. The molecule has 0 radical (unpaired) electrons. The van der Waals surface area contributed by atoms with Crippen molar-refractivity contribution in [2.24, 2.45) is 0 Å². The second kappa shape index (κ2) is 4.91. The number of rotatable bonds is 2. The maximum Gasteiger partial charge on any atom is 0.248 e. The molecule has 1 aromatic rings. The summed E-state index contributed by atoms with van der Waals surface area (Å²) in [4.78, 5) is 25.6. The highest BCUT2D eigenvalue weighted by molar-refractivity contribution is 5.92. The molecule has 1 aromatic carbocycles. The van der Waals surface area contributed by atoms with Crippen molar-refractivity contribution >= 4 is 11.8 Å². The van der Waals surface area contributed by atoms with Gasteiger partial charge in [-0.25, -0.2) is 0 Å². The van der Waals surface area contributed by atoms with E-state index in [0.29, 0.717) is 19.5 Å². The summed E-state index contributed by atoms with van der Waals surface area (Å²) < 4.78 is 0. The summed E-state index contributed by atoms with van der Waals surface area (Å²) in [6.45, 7) is 4.28. The molecule has 102 valence electrons. The topological polar surface area (TPSA) is 69.6 Å². The first-order chi connectivity index (χ1) is 8.88. The number of carbonyl (C=O) groups excluding carboxylic acids is 2. The summed E-state index contributed by atoms with van der Waals surface area (Å²) >= 11 is 0. The van der Waals surface area contributed by atoms with E-state index in [-0.39, 0.29) is 17.6 Å². The lowest BCUT2D eigenvalue weighted by atomic mass is 10.0. The van der Waals surface area contributed by atoms with Gasteiger partial charge in [-0.3, -0.25) is 9.59 Å². The molecule has 0 unspecified atom stereocenters. The zero-order valence-electron chi connectivity index (χ0n) is 11.1. The van der Waals surface area contributed by atoms with Gasteiger partial charge in [0.15, 0.2) is 0 Å². The van der Waals surface area contributed by atoms with Crippen molar-refractivity contribution < 1.29 is 14.7 Å². The molecule has 5 heteroatoms. The lowest BCUT2D eigenvalue weighted by Crippen LogP contribution is -2.52. The first-order valence-corrected chi connectivity index (χ1v) is 6.27. The number of hydrogen-bond acceptors (Lipinski definition) is 3. The van der Waals surface area contributed by atoms with Gasteiger partial charge in [-0.1, -0.05) is 12.1 Å². The van der Waals surface area contributed by atoms with Crippen molar-refractivity contribution in [1.82, 2.24) is 10.2 Å². The molecule has 1 heterocycles. The smallest absolute Gasteiger partial charge is 0.248 e. The molecule has 2 amide bonds. The monoisotopic (exact) mass is 262 g/mol. The third-order valence-electron chi connectivity index (χ3n) is 3.19. The Hall–Kier alpha value is -2.04. The van der Waals surface area contributed by atoms with Crippen molar-refractivity contribution in [1.29, 1.82) is 0 Å². The molecule has 2 rings (SSSR count). The molecule has 0 aromatic heterocycles. The van der Waals surface area contributed by atoms with E-state index < -0.39 is 5.54 Å². The van der Waals surface area contributed by atoms with Gasteiger partial charge in [0.2, 0.25) is 11.8 Å². The van der Waals surface area contributed by atoms with Gasteiger partial charge in [0.05, 0.1) is 0 Å². The first kappa shape index (κ1) is 13.4. The van der Waals surface area contributed by atoms with Crippen molar-refractivity contribution in [2.75, 3.05) is 6.54 Å². The molecule has 0 aliphatic carbocycles. The summed E-state index contributed by atoms with van der Waals surface area (Å²) in [5, 5.41) is 12.0. The molecular formula is C14H18N2O3. The van der Waals surface area contributed by atoms with E-state index in [4.69, 9.17) is 0 Å². The molecule has 0 atom stereocenters. The molecular weight excluding hydrogens is 244 g/mol. The number of phenols is 1. The van der Waals surface area contributed by atoms with Crippen molar-refractivity contribution in [3.05, 3.63) is 29.8 Å². The van der Waals surface area contributed by atoms with Gasteiger partial charge < -0.3 is 15.3 Å². The Morgan fingerprint density at radius 3 is 2.53 bits per heavy atom. The summed E-state index contributed by atoms with van der Waals surface area (Å²) in [5.74, 6) is 0.00102. The fraction of sp³-hybridized carbons (Fsp3) is 0.429. The van der Waals surface area contributed by atoms with Crippen LogP contribution in [0.15, 0.2) is 24.3 Å². The van der Waals surface area contributed by atoms with E-state index in [1.165, 1.54) is 0 Å². The van der Waals surface area contributed by atoms with Crippen molar-refractivity contribution in [3.8, 4) is 5.75 Å². The second-order valence-electron chi connectivity index (χ2n) is 5.32. The van der Waals surface area contributed by atoms with E-state index in [1.807, 2.05) is 0 Å². The number of nitrogens with one attached hydrogen (secondary N) is 1. The Kier molecular flexibility index (Phi) is 3.46. The van der Waals surface area contributed by atoms with Crippen LogP contribution in [0.2, 0.25) is 0 Å². The van der Waals surface area contributed by atoms with Crippen LogP contribution in [-0.2, 0) is 16.1 Å². The number of benzene rings is 1. The van der Waals surface area contributed by atoms with Crippen LogP contribution in [0.5, 0.6) is 5.75 Å². The Morgan fingerprint density at radius 2 is 1.89 bits per heavy atom. The first-order valence-electron chi connectivity index (χ1n) is 6.27. The van der Waals surface area contributed by atoms with Gasteiger partial charge >= 0.3 is 0 Å². The second-order valence-corrected chi connectivity index (χ2v) is 5.32. The zero-order chi connectivity index (χ0) is 14.0. The molecule has 0 saturated carbocycles. The lowest BCUT2D eigenvalue weighted by molar-refractivity contribution is -0.137. The molecule has 5 nitrogen and oxygen atoms in total. The standard InChI is InChI=1S/C14H18N2O3/c1-14(2)13(19)16(8-7-12(18)15-14)9-10-3-5-11(17)6-4-10/h3-6,17H,7-9H2,1-2H3,(H,15,18). The maximum atomic E-state index is 12.3. The zero-order valence-corrected chi connectivity index (χ0v) is 11.1. The Bertz CT molecular complexity index is 494. The molecule has 1 fully saturated rings. The fourth-order valence-electron chi connectivity index (χ4n) is 2.17. The number of hydrogen-bond donors (Lipinski definition) is 2. The lowest BCUT2D eigenvalue weighted by Gasteiger charge is -2.28. The number of nitrogens with zero attached hydrogens (tertiary/aromatic N) is 1. The number of amides is 2. The molecule has 2 N–H and O–H groups in total. The van der Waals surface area contributed by atoms with E-state index in [2.05, 4.69) is 5.32 Å². The summed E-state index contributed by atoms with van der Waals surface area (Å²) in [6, 6.07) is 6.73. The molecule has 0 bridgehead atoms. The van der Waals surface area contributed by atoms with Crippen LogP contribution in [0.3, 0.4) is 0 Å². The highest BCUT2D eigenvalue weighted by atomic mass is 16.3. The third kappa shape index (κ3) is 3.05. The Morgan fingerprint density at radius 1 is 1.26 bits per heavy atom. The minimum atomic E-state index is -0.871. The molecule has 1 aliphatic heterocycles. The van der Waals surface area contributed by atoms with E-state index in [1.54, 1.807) is 43.0 Å². The van der Waals surface area contributed by atoms with Gasteiger partial charge in [0, 0.05) is 19.5 Å². The van der Waals surface area contributed by atoms with Crippen LogP contribution in [0.4, 0.5) is 0 Å². The molecule has 1 saturated heterocycles. The van der Waals surface area contributed by atoms with Crippen molar-refractivity contribution in [3.63, 3.8) is 0 Å². The predicted octanol–water partition coefficient (Wildman–Crippen LogP) is 1.02. The fourth-order valence-corrected chi connectivity index (χ4v) is 2.17. The molecule has 19 heavy (non-hydrogen) atoms. The van der Waals surface area contributed by atoms with Crippen LogP contribution >= 0.6 is 0 Å². The van der Waals surface area contributed by atoms with Gasteiger partial charge in [0.1, 0.15) is 11.3 Å². The summed E-state index contributed by atoms with van der Waals surface area (Å²) in [5.41, 5.74) is 0.0566. The van der Waals surface area contributed by atoms with Crippen LogP contribution in [-0.4, -0.2) is 33.9 Å². The summed E-state index contributed by atoms with van der Waals surface area (Å²) in [7, 11) is 0. The largest absolute Gasteiger partial charge is 0.508 e. The minimum absolute atomic E-state index is 0.0913. The van der Waals surface area contributed by atoms with Crippen LogP contribution in [0.25, 0.3) is 0 Å². The third-order valence-corrected chi connectivity index (χ3v) is 3.19. The molecule has 0 spiro atoms. The van der Waals surface area contributed by atoms with E-state index in [0.717, 1.165) is 5.56 Å².